The Kier molecular flexibility index (Phi) is 6.18. The summed E-state index contributed by atoms with van der Waals surface area (Å²) in [6.07, 6.45) is 2.59. The molecule has 0 radical (unpaired) electrons. The zero-order valence-corrected chi connectivity index (χ0v) is 14.7. The molecule has 24 heavy (non-hydrogen) atoms. The summed E-state index contributed by atoms with van der Waals surface area (Å²) in [6, 6.07) is 9.32. The molecule has 0 saturated carbocycles. The summed E-state index contributed by atoms with van der Waals surface area (Å²) in [5.74, 6) is 1.82. The number of rotatable bonds is 7. The van der Waals surface area contributed by atoms with Gasteiger partial charge in [0.1, 0.15) is 11.6 Å². The van der Waals surface area contributed by atoms with E-state index in [0.717, 1.165) is 23.4 Å². The molecule has 0 bridgehead atoms. The fourth-order valence-electron chi connectivity index (χ4n) is 2.27. The van der Waals surface area contributed by atoms with Crippen molar-refractivity contribution in [2.24, 2.45) is 5.92 Å². The first kappa shape index (κ1) is 17.8. The Bertz CT molecular complexity index is 699. The number of benzene rings is 1. The lowest BCUT2D eigenvalue weighted by molar-refractivity contribution is 0.0952. The van der Waals surface area contributed by atoms with Gasteiger partial charge >= 0.3 is 0 Å². The van der Waals surface area contributed by atoms with Gasteiger partial charge in [-0.1, -0.05) is 19.9 Å². The molecule has 0 aliphatic rings. The molecule has 5 nitrogen and oxygen atoms in total. The maximum absolute atomic E-state index is 12.2. The lowest BCUT2D eigenvalue weighted by Crippen LogP contribution is -2.25. The van der Waals surface area contributed by atoms with Crippen molar-refractivity contribution in [2.75, 3.05) is 19.0 Å². The third kappa shape index (κ3) is 4.98. The number of anilines is 2. The molecular weight excluding hydrogens is 302 g/mol. The highest BCUT2D eigenvalue weighted by molar-refractivity contribution is 5.94. The summed E-state index contributed by atoms with van der Waals surface area (Å²) in [4.78, 5) is 16.5. The van der Waals surface area contributed by atoms with Crippen molar-refractivity contribution in [3.8, 4) is 5.75 Å². The van der Waals surface area contributed by atoms with Crippen LogP contribution in [0.2, 0.25) is 0 Å². The molecule has 128 valence electrons. The number of ether oxygens (including phenoxy) is 1. The average Bonchev–Trinajstić information content (AvgIpc) is 2.55. The Morgan fingerprint density at radius 2 is 2.04 bits per heavy atom. The molecule has 1 amide bonds. The minimum Gasteiger partial charge on any atom is -0.495 e. The van der Waals surface area contributed by atoms with Crippen LogP contribution in [0.15, 0.2) is 36.5 Å². The first-order chi connectivity index (χ1) is 11.5. The van der Waals surface area contributed by atoms with Gasteiger partial charge in [0, 0.05) is 18.3 Å². The molecule has 0 aliphatic heterocycles. The van der Waals surface area contributed by atoms with E-state index in [2.05, 4.69) is 29.5 Å². The summed E-state index contributed by atoms with van der Waals surface area (Å²) in [6.45, 7) is 6.95. The van der Waals surface area contributed by atoms with Crippen LogP contribution in [0.4, 0.5) is 11.5 Å². The smallest absolute Gasteiger partial charge is 0.251 e. The predicted octanol–water partition coefficient (Wildman–Crippen LogP) is 3.92. The van der Waals surface area contributed by atoms with Crippen LogP contribution in [-0.4, -0.2) is 24.5 Å². The molecule has 0 saturated heterocycles. The third-order valence-corrected chi connectivity index (χ3v) is 3.65. The Morgan fingerprint density at radius 3 is 2.75 bits per heavy atom. The second-order valence-corrected chi connectivity index (χ2v) is 6.20. The summed E-state index contributed by atoms with van der Waals surface area (Å²) in [5, 5.41) is 6.15. The lowest BCUT2D eigenvalue weighted by atomic mass is 10.1. The van der Waals surface area contributed by atoms with Gasteiger partial charge in [0.2, 0.25) is 0 Å². The predicted molar refractivity (Wildman–Crippen MR) is 97.0 cm³/mol. The highest BCUT2D eigenvalue weighted by Crippen LogP contribution is 2.28. The molecular formula is C19H25N3O2. The van der Waals surface area contributed by atoms with E-state index >= 15 is 0 Å². The molecule has 0 fully saturated rings. The summed E-state index contributed by atoms with van der Waals surface area (Å²) >= 11 is 0. The van der Waals surface area contributed by atoms with Crippen molar-refractivity contribution < 1.29 is 9.53 Å². The Morgan fingerprint density at radius 1 is 1.25 bits per heavy atom. The molecule has 1 aromatic carbocycles. The SMILES string of the molecule is COc1ccc(C)cc1Nc1cc(C(=O)NCCC(C)C)ccn1. The monoisotopic (exact) mass is 327 g/mol. The van der Waals surface area contributed by atoms with Gasteiger partial charge in [-0.05, 0) is 49.1 Å². The fraction of sp³-hybridized carbons (Fsp3) is 0.368. The van der Waals surface area contributed by atoms with Gasteiger partial charge in [-0.2, -0.15) is 0 Å². The van der Waals surface area contributed by atoms with Gasteiger partial charge in [0.25, 0.3) is 5.91 Å². The van der Waals surface area contributed by atoms with E-state index in [4.69, 9.17) is 4.74 Å². The van der Waals surface area contributed by atoms with Gasteiger partial charge in [-0.15, -0.1) is 0 Å². The van der Waals surface area contributed by atoms with Gasteiger partial charge in [0.15, 0.2) is 0 Å². The number of pyridine rings is 1. The summed E-state index contributed by atoms with van der Waals surface area (Å²) < 4.78 is 5.36. The van der Waals surface area contributed by atoms with E-state index < -0.39 is 0 Å². The van der Waals surface area contributed by atoms with Crippen LogP contribution in [-0.2, 0) is 0 Å². The number of carbonyl (C=O) groups excluding carboxylic acids is 1. The zero-order valence-electron chi connectivity index (χ0n) is 14.7. The standard InChI is InChI=1S/C19H25N3O2/c1-13(2)7-9-21-19(23)15-8-10-20-18(12-15)22-16-11-14(3)5-6-17(16)24-4/h5-6,8,10-13H,7,9H2,1-4H3,(H,20,22)(H,21,23). The van der Waals surface area contributed by atoms with Crippen LogP contribution >= 0.6 is 0 Å². The molecule has 0 aliphatic carbocycles. The first-order valence-electron chi connectivity index (χ1n) is 8.15. The molecule has 1 aromatic heterocycles. The van der Waals surface area contributed by atoms with Crippen molar-refractivity contribution in [3.63, 3.8) is 0 Å². The topological polar surface area (TPSA) is 63.2 Å². The fourth-order valence-corrected chi connectivity index (χ4v) is 2.27. The summed E-state index contributed by atoms with van der Waals surface area (Å²) in [5.41, 5.74) is 2.52. The largest absolute Gasteiger partial charge is 0.495 e. The second-order valence-electron chi connectivity index (χ2n) is 6.20. The van der Waals surface area contributed by atoms with E-state index in [1.165, 1.54) is 0 Å². The number of aryl methyl sites for hydroxylation is 1. The van der Waals surface area contributed by atoms with Crippen LogP contribution in [0, 0.1) is 12.8 Å². The molecule has 0 spiro atoms. The number of amides is 1. The van der Waals surface area contributed by atoms with E-state index in [0.29, 0.717) is 23.8 Å². The second kappa shape index (κ2) is 8.34. The number of aromatic nitrogens is 1. The minimum atomic E-state index is -0.0858. The molecule has 0 atom stereocenters. The van der Waals surface area contributed by atoms with Gasteiger partial charge in [-0.25, -0.2) is 4.98 Å². The highest BCUT2D eigenvalue weighted by Gasteiger charge is 2.09. The normalized spacial score (nSPS) is 10.5. The maximum atomic E-state index is 12.2. The molecule has 0 unspecified atom stereocenters. The van der Waals surface area contributed by atoms with Crippen molar-refractivity contribution in [3.05, 3.63) is 47.7 Å². The number of carbonyl (C=O) groups is 1. The van der Waals surface area contributed by atoms with Crippen LogP contribution in [0.3, 0.4) is 0 Å². The van der Waals surface area contributed by atoms with Crippen molar-refractivity contribution in [1.29, 1.82) is 0 Å². The molecule has 2 aromatic rings. The minimum absolute atomic E-state index is 0.0858. The number of nitrogens with zero attached hydrogens (tertiary/aromatic N) is 1. The summed E-state index contributed by atoms with van der Waals surface area (Å²) in [7, 11) is 1.63. The Labute approximate surface area is 143 Å². The molecule has 5 heteroatoms. The zero-order chi connectivity index (χ0) is 17.5. The van der Waals surface area contributed by atoms with Crippen molar-refractivity contribution in [1.82, 2.24) is 10.3 Å². The highest BCUT2D eigenvalue weighted by atomic mass is 16.5. The van der Waals surface area contributed by atoms with Gasteiger partial charge < -0.3 is 15.4 Å². The van der Waals surface area contributed by atoms with Crippen molar-refractivity contribution in [2.45, 2.75) is 27.2 Å². The van der Waals surface area contributed by atoms with Crippen LogP contribution in [0.1, 0.15) is 36.2 Å². The number of methoxy groups -OCH3 is 1. The van der Waals surface area contributed by atoms with Crippen LogP contribution in [0.5, 0.6) is 5.75 Å². The molecule has 2 rings (SSSR count). The van der Waals surface area contributed by atoms with Crippen LogP contribution < -0.4 is 15.4 Å². The first-order valence-corrected chi connectivity index (χ1v) is 8.15. The quantitative estimate of drug-likeness (QED) is 0.809. The molecule has 2 N–H and O–H groups in total. The number of hydrogen-bond acceptors (Lipinski definition) is 4. The average molecular weight is 327 g/mol. The number of nitrogens with one attached hydrogen (secondary N) is 2. The maximum Gasteiger partial charge on any atom is 0.251 e. The lowest BCUT2D eigenvalue weighted by Gasteiger charge is -2.12. The number of hydrogen-bond donors (Lipinski definition) is 2. The van der Waals surface area contributed by atoms with E-state index in [1.54, 1.807) is 25.4 Å². The molecule has 1 heterocycles. The third-order valence-electron chi connectivity index (χ3n) is 3.65. The van der Waals surface area contributed by atoms with E-state index in [9.17, 15) is 4.79 Å². The van der Waals surface area contributed by atoms with Gasteiger partial charge in [0.05, 0.1) is 12.8 Å². The van der Waals surface area contributed by atoms with Crippen molar-refractivity contribution >= 4 is 17.4 Å². The van der Waals surface area contributed by atoms with Crippen LogP contribution in [0.25, 0.3) is 0 Å². The van der Waals surface area contributed by atoms with E-state index in [-0.39, 0.29) is 5.91 Å². The Hall–Kier alpha value is -2.56. The van der Waals surface area contributed by atoms with Gasteiger partial charge in [-0.3, -0.25) is 4.79 Å². The Balaban J connectivity index is 2.10. The van der Waals surface area contributed by atoms with E-state index in [1.807, 2.05) is 25.1 Å².